The Balaban J connectivity index is 1.43. The molecule has 0 radical (unpaired) electrons. The average Bonchev–Trinajstić information content (AvgIpc) is 2.56. The molecule has 2 aromatic rings. The van der Waals surface area contributed by atoms with Crippen molar-refractivity contribution in [1.82, 2.24) is 10.6 Å². The smallest absolute Gasteiger partial charge is 0.0591 e. The van der Waals surface area contributed by atoms with Crippen molar-refractivity contribution in [2.75, 3.05) is 26.3 Å². The van der Waals surface area contributed by atoms with Crippen LogP contribution in [-0.4, -0.2) is 26.3 Å². The molecule has 0 fully saturated rings. The SMILES string of the molecule is Cc1ccc(CNCCOCCNCc2ccc(C)cc2)cc1. The second kappa shape index (κ2) is 10.2. The van der Waals surface area contributed by atoms with Gasteiger partial charge in [-0.25, -0.2) is 0 Å². The maximum atomic E-state index is 5.62. The molecule has 2 N–H and O–H groups in total. The summed E-state index contributed by atoms with van der Waals surface area (Å²) in [6, 6.07) is 17.2. The lowest BCUT2D eigenvalue weighted by atomic mass is 10.1. The lowest BCUT2D eigenvalue weighted by molar-refractivity contribution is 0.137. The number of nitrogens with one attached hydrogen (secondary N) is 2. The monoisotopic (exact) mass is 312 g/mol. The second-order valence-electron chi connectivity index (χ2n) is 5.94. The second-order valence-corrected chi connectivity index (χ2v) is 5.94. The molecule has 0 saturated carbocycles. The van der Waals surface area contributed by atoms with E-state index < -0.39 is 0 Å². The molecule has 0 atom stereocenters. The van der Waals surface area contributed by atoms with E-state index in [1.54, 1.807) is 0 Å². The van der Waals surface area contributed by atoms with E-state index in [-0.39, 0.29) is 0 Å². The molecule has 0 aliphatic rings. The van der Waals surface area contributed by atoms with Crippen LogP contribution >= 0.6 is 0 Å². The summed E-state index contributed by atoms with van der Waals surface area (Å²) < 4.78 is 5.62. The lowest BCUT2D eigenvalue weighted by Crippen LogP contribution is -2.23. The van der Waals surface area contributed by atoms with Gasteiger partial charge in [-0.3, -0.25) is 0 Å². The van der Waals surface area contributed by atoms with Crippen LogP contribution in [0.5, 0.6) is 0 Å². The molecule has 3 nitrogen and oxygen atoms in total. The van der Waals surface area contributed by atoms with Crippen molar-refractivity contribution >= 4 is 0 Å². The summed E-state index contributed by atoms with van der Waals surface area (Å²) in [6.45, 7) is 9.27. The summed E-state index contributed by atoms with van der Waals surface area (Å²) in [5.41, 5.74) is 5.23. The number of aryl methyl sites for hydroxylation is 2. The van der Waals surface area contributed by atoms with E-state index in [1.807, 2.05) is 0 Å². The molecule has 0 heterocycles. The largest absolute Gasteiger partial charge is 0.379 e. The van der Waals surface area contributed by atoms with Crippen LogP contribution in [0.2, 0.25) is 0 Å². The molecule has 23 heavy (non-hydrogen) atoms. The molecule has 0 bridgehead atoms. The van der Waals surface area contributed by atoms with Crippen LogP contribution in [0.4, 0.5) is 0 Å². The van der Waals surface area contributed by atoms with Gasteiger partial charge in [0.15, 0.2) is 0 Å². The van der Waals surface area contributed by atoms with Gasteiger partial charge in [-0.2, -0.15) is 0 Å². The van der Waals surface area contributed by atoms with Crippen LogP contribution in [0.1, 0.15) is 22.3 Å². The van der Waals surface area contributed by atoms with Gasteiger partial charge >= 0.3 is 0 Å². The van der Waals surface area contributed by atoms with Crippen molar-refractivity contribution in [3.63, 3.8) is 0 Å². The first-order valence-electron chi connectivity index (χ1n) is 8.34. The van der Waals surface area contributed by atoms with Crippen molar-refractivity contribution < 1.29 is 4.74 Å². The van der Waals surface area contributed by atoms with Gasteiger partial charge in [0, 0.05) is 26.2 Å². The van der Waals surface area contributed by atoms with Gasteiger partial charge < -0.3 is 15.4 Å². The Hall–Kier alpha value is -1.68. The Morgan fingerprint density at radius 3 is 1.43 bits per heavy atom. The molecule has 0 spiro atoms. The zero-order valence-corrected chi connectivity index (χ0v) is 14.3. The van der Waals surface area contributed by atoms with E-state index in [9.17, 15) is 0 Å². The molecular formula is C20H28N2O. The highest BCUT2D eigenvalue weighted by atomic mass is 16.5. The molecule has 0 aromatic heterocycles. The molecule has 0 aliphatic heterocycles. The number of ether oxygens (including phenoxy) is 1. The third-order valence-electron chi connectivity index (χ3n) is 3.75. The van der Waals surface area contributed by atoms with Gasteiger partial charge in [0.05, 0.1) is 13.2 Å². The fourth-order valence-corrected chi connectivity index (χ4v) is 2.27. The van der Waals surface area contributed by atoms with Crippen LogP contribution in [0.15, 0.2) is 48.5 Å². The van der Waals surface area contributed by atoms with Gasteiger partial charge in [0.1, 0.15) is 0 Å². The molecule has 0 amide bonds. The van der Waals surface area contributed by atoms with Crippen LogP contribution in [-0.2, 0) is 17.8 Å². The van der Waals surface area contributed by atoms with Gasteiger partial charge in [-0.1, -0.05) is 59.7 Å². The zero-order chi connectivity index (χ0) is 16.3. The first-order valence-corrected chi connectivity index (χ1v) is 8.34. The van der Waals surface area contributed by atoms with E-state index in [0.717, 1.165) is 39.4 Å². The van der Waals surface area contributed by atoms with E-state index in [2.05, 4.69) is 73.0 Å². The highest BCUT2D eigenvalue weighted by Crippen LogP contribution is 2.03. The maximum Gasteiger partial charge on any atom is 0.0591 e. The molecule has 3 heteroatoms. The Morgan fingerprint density at radius 2 is 1.04 bits per heavy atom. The summed E-state index contributed by atoms with van der Waals surface area (Å²) in [5, 5.41) is 6.80. The van der Waals surface area contributed by atoms with Crippen molar-refractivity contribution in [3.8, 4) is 0 Å². The number of benzene rings is 2. The van der Waals surface area contributed by atoms with E-state index in [1.165, 1.54) is 22.3 Å². The van der Waals surface area contributed by atoms with Crippen molar-refractivity contribution in [1.29, 1.82) is 0 Å². The topological polar surface area (TPSA) is 33.3 Å². The highest BCUT2D eigenvalue weighted by molar-refractivity contribution is 5.21. The Bertz CT molecular complexity index is 497. The number of rotatable bonds is 10. The van der Waals surface area contributed by atoms with Crippen LogP contribution in [0.25, 0.3) is 0 Å². The van der Waals surface area contributed by atoms with E-state index in [4.69, 9.17) is 4.74 Å². The van der Waals surface area contributed by atoms with Crippen LogP contribution < -0.4 is 10.6 Å². The number of hydrogen-bond donors (Lipinski definition) is 2. The Morgan fingerprint density at radius 1 is 0.652 bits per heavy atom. The summed E-state index contributed by atoms with van der Waals surface area (Å²) in [6.07, 6.45) is 0. The summed E-state index contributed by atoms with van der Waals surface area (Å²) in [5.74, 6) is 0. The fourth-order valence-electron chi connectivity index (χ4n) is 2.27. The Labute approximate surface area is 140 Å². The molecular weight excluding hydrogens is 284 g/mol. The summed E-state index contributed by atoms with van der Waals surface area (Å²) in [7, 11) is 0. The number of hydrogen-bond acceptors (Lipinski definition) is 3. The minimum atomic E-state index is 0.748. The molecule has 124 valence electrons. The summed E-state index contributed by atoms with van der Waals surface area (Å²) in [4.78, 5) is 0. The van der Waals surface area contributed by atoms with Crippen molar-refractivity contribution in [2.24, 2.45) is 0 Å². The first kappa shape index (κ1) is 17.7. The lowest BCUT2D eigenvalue weighted by Gasteiger charge is -2.08. The normalized spacial score (nSPS) is 10.9. The predicted octanol–water partition coefficient (Wildman–Crippen LogP) is 3.20. The average molecular weight is 312 g/mol. The van der Waals surface area contributed by atoms with Gasteiger partial charge in [0.2, 0.25) is 0 Å². The molecule has 0 aliphatic carbocycles. The highest BCUT2D eigenvalue weighted by Gasteiger charge is 1.94. The molecule has 0 saturated heterocycles. The minimum Gasteiger partial charge on any atom is -0.379 e. The van der Waals surface area contributed by atoms with E-state index in [0.29, 0.717) is 0 Å². The molecule has 0 unspecified atom stereocenters. The third-order valence-corrected chi connectivity index (χ3v) is 3.75. The van der Waals surface area contributed by atoms with Crippen LogP contribution in [0, 0.1) is 13.8 Å². The standard InChI is InChI=1S/C20H28N2O/c1-17-3-7-19(8-4-17)15-21-11-13-23-14-12-22-16-20-9-5-18(2)6-10-20/h3-10,21-22H,11-16H2,1-2H3. The van der Waals surface area contributed by atoms with Gasteiger partial charge in [-0.15, -0.1) is 0 Å². The quantitative estimate of drug-likeness (QED) is 0.661. The fraction of sp³-hybridized carbons (Fsp3) is 0.400. The predicted molar refractivity (Wildman–Crippen MR) is 96.6 cm³/mol. The first-order chi connectivity index (χ1) is 11.2. The van der Waals surface area contributed by atoms with Crippen LogP contribution in [0.3, 0.4) is 0 Å². The van der Waals surface area contributed by atoms with Gasteiger partial charge in [-0.05, 0) is 25.0 Å². The molecule has 2 aromatic carbocycles. The van der Waals surface area contributed by atoms with Crippen molar-refractivity contribution in [2.45, 2.75) is 26.9 Å². The van der Waals surface area contributed by atoms with Crippen molar-refractivity contribution in [3.05, 3.63) is 70.8 Å². The third kappa shape index (κ3) is 7.42. The summed E-state index contributed by atoms with van der Waals surface area (Å²) >= 11 is 0. The zero-order valence-electron chi connectivity index (χ0n) is 14.3. The van der Waals surface area contributed by atoms with Gasteiger partial charge in [0.25, 0.3) is 0 Å². The molecule has 2 rings (SSSR count). The Kier molecular flexibility index (Phi) is 7.81. The minimum absolute atomic E-state index is 0.748. The maximum absolute atomic E-state index is 5.62. The van der Waals surface area contributed by atoms with E-state index >= 15 is 0 Å².